The van der Waals surface area contributed by atoms with Crippen LogP contribution in [0.15, 0.2) is 0 Å². The third-order valence-electron chi connectivity index (χ3n) is 1.90. The fraction of sp³-hybridized carbons (Fsp3) is 0.556. The fourth-order valence-corrected chi connectivity index (χ4v) is 2.44. The maximum Gasteiger partial charge on any atom is 0.406 e. The van der Waals surface area contributed by atoms with Crippen molar-refractivity contribution in [3.8, 4) is 0 Å². The second kappa shape index (κ2) is 5.75. The van der Waals surface area contributed by atoms with Gasteiger partial charge in [0.15, 0.2) is 15.2 Å². The molecule has 0 saturated heterocycles. The zero-order chi connectivity index (χ0) is 13.9. The number of hydrogen-bond acceptors (Lipinski definition) is 4. The number of alkyl halides is 3. The Balaban J connectivity index is 2.99. The molecular formula is C9H10ClF3N2O2S. The molecule has 1 aromatic heterocycles. The Morgan fingerprint density at radius 1 is 1.56 bits per heavy atom. The standard InChI is InChI=1S/C9H10ClF3N2O2S/c1-2-3-15(4-9(11,12)13)8-14-6(10)5(18-8)7(16)17/h2-4H2,1H3,(H,16,17). The lowest BCUT2D eigenvalue weighted by Crippen LogP contribution is -2.34. The summed E-state index contributed by atoms with van der Waals surface area (Å²) in [5.74, 6) is -1.30. The third kappa shape index (κ3) is 4.02. The molecule has 0 aliphatic rings. The Hall–Kier alpha value is -1.02. The highest BCUT2D eigenvalue weighted by Gasteiger charge is 2.32. The first-order chi connectivity index (χ1) is 8.24. The summed E-state index contributed by atoms with van der Waals surface area (Å²) in [6, 6.07) is 0. The minimum atomic E-state index is -4.38. The van der Waals surface area contributed by atoms with Gasteiger partial charge in [0, 0.05) is 6.54 Å². The second-order valence-corrected chi connectivity index (χ2v) is 4.79. The molecule has 0 radical (unpaired) electrons. The van der Waals surface area contributed by atoms with Gasteiger partial charge in [-0.1, -0.05) is 29.9 Å². The van der Waals surface area contributed by atoms with Crippen LogP contribution in [0.1, 0.15) is 23.0 Å². The number of hydrogen-bond donors (Lipinski definition) is 1. The third-order valence-corrected chi connectivity index (χ3v) is 3.39. The predicted molar refractivity (Wildman–Crippen MR) is 62.6 cm³/mol. The maximum atomic E-state index is 12.4. The number of nitrogens with zero attached hydrogens (tertiary/aromatic N) is 2. The van der Waals surface area contributed by atoms with E-state index in [4.69, 9.17) is 16.7 Å². The Labute approximate surface area is 110 Å². The fourth-order valence-electron chi connectivity index (χ4n) is 1.29. The molecule has 1 N–H and O–H groups in total. The average Bonchev–Trinajstić information content (AvgIpc) is 2.57. The molecule has 0 spiro atoms. The molecule has 4 nitrogen and oxygen atoms in total. The van der Waals surface area contributed by atoms with E-state index < -0.39 is 18.7 Å². The van der Waals surface area contributed by atoms with Crippen molar-refractivity contribution in [2.45, 2.75) is 19.5 Å². The van der Waals surface area contributed by atoms with Crippen LogP contribution in [0, 0.1) is 0 Å². The van der Waals surface area contributed by atoms with Crippen molar-refractivity contribution in [1.29, 1.82) is 0 Å². The number of carboxylic acids is 1. The molecule has 0 saturated carbocycles. The number of carboxylic acid groups (broad SMARTS) is 1. The van der Waals surface area contributed by atoms with Crippen LogP contribution in [0.2, 0.25) is 5.15 Å². The minimum absolute atomic E-state index is 0.0309. The van der Waals surface area contributed by atoms with Crippen LogP contribution in [0.25, 0.3) is 0 Å². The number of anilines is 1. The Morgan fingerprint density at radius 2 is 2.17 bits per heavy atom. The number of aromatic carboxylic acids is 1. The summed E-state index contributed by atoms with van der Waals surface area (Å²) in [6.07, 6.45) is -3.90. The molecule has 0 atom stereocenters. The lowest BCUT2D eigenvalue weighted by Gasteiger charge is -2.22. The van der Waals surface area contributed by atoms with Crippen molar-refractivity contribution in [3.63, 3.8) is 0 Å². The van der Waals surface area contributed by atoms with E-state index in [0.29, 0.717) is 17.8 Å². The van der Waals surface area contributed by atoms with Crippen LogP contribution < -0.4 is 4.90 Å². The van der Waals surface area contributed by atoms with E-state index >= 15 is 0 Å². The summed E-state index contributed by atoms with van der Waals surface area (Å²) in [5.41, 5.74) is 0. The molecule has 1 heterocycles. The van der Waals surface area contributed by atoms with Gasteiger partial charge in [-0.25, -0.2) is 9.78 Å². The Morgan fingerprint density at radius 3 is 2.56 bits per heavy atom. The first kappa shape index (κ1) is 15.0. The van der Waals surface area contributed by atoms with Gasteiger partial charge in [0.1, 0.15) is 6.54 Å². The highest BCUT2D eigenvalue weighted by molar-refractivity contribution is 7.18. The van der Waals surface area contributed by atoms with Gasteiger partial charge in [0.05, 0.1) is 0 Å². The second-order valence-electron chi connectivity index (χ2n) is 3.46. The average molecular weight is 303 g/mol. The lowest BCUT2D eigenvalue weighted by atomic mass is 10.4. The molecule has 102 valence electrons. The lowest BCUT2D eigenvalue weighted by molar-refractivity contribution is -0.119. The van der Waals surface area contributed by atoms with Gasteiger partial charge in [0.25, 0.3) is 0 Å². The van der Waals surface area contributed by atoms with Crippen molar-refractivity contribution in [2.75, 3.05) is 18.0 Å². The number of carbonyl (C=O) groups is 1. The van der Waals surface area contributed by atoms with E-state index in [2.05, 4.69) is 4.98 Å². The van der Waals surface area contributed by atoms with Gasteiger partial charge in [0.2, 0.25) is 0 Å². The first-order valence-corrected chi connectivity index (χ1v) is 6.15. The van der Waals surface area contributed by atoms with Gasteiger partial charge in [-0.05, 0) is 6.42 Å². The number of thiazole rings is 1. The van der Waals surface area contributed by atoms with Gasteiger partial charge in [-0.15, -0.1) is 0 Å². The van der Waals surface area contributed by atoms with E-state index in [1.165, 1.54) is 0 Å². The molecular weight excluding hydrogens is 293 g/mol. The van der Waals surface area contributed by atoms with Crippen molar-refractivity contribution in [2.24, 2.45) is 0 Å². The molecule has 0 fully saturated rings. The van der Waals surface area contributed by atoms with E-state index in [1.807, 2.05) is 0 Å². The summed E-state index contributed by atoms with van der Waals surface area (Å²) in [4.78, 5) is 15.1. The highest BCUT2D eigenvalue weighted by Crippen LogP contribution is 2.31. The van der Waals surface area contributed by atoms with Crippen molar-refractivity contribution < 1.29 is 23.1 Å². The molecule has 0 unspecified atom stereocenters. The van der Waals surface area contributed by atoms with E-state index in [9.17, 15) is 18.0 Å². The van der Waals surface area contributed by atoms with Crippen LogP contribution in [-0.2, 0) is 0 Å². The summed E-state index contributed by atoms with van der Waals surface area (Å²) in [7, 11) is 0. The summed E-state index contributed by atoms with van der Waals surface area (Å²) in [6.45, 7) is 0.669. The van der Waals surface area contributed by atoms with Crippen LogP contribution >= 0.6 is 22.9 Å². The maximum absolute atomic E-state index is 12.4. The monoisotopic (exact) mass is 302 g/mol. The first-order valence-electron chi connectivity index (χ1n) is 4.96. The van der Waals surface area contributed by atoms with Crippen LogP contribution in [0.4, 0.5) is 18.3 Å². The molecule has 9 heteroatoms. The molecule has 0 aromatic carbocycles. The Kier molecular flexibility index (Phi) is 4.80. The van der Waals surface area contributed by atoms with Gasteiger partial charge < -0.3 is 10.0 Å². The Bertz CT molecular complexity index is 436. The van der Waals surface area contributed by atoms with E-state index in [1.54, 1.807) is 6.92 Å². The van der Waals surface area contributed by atoms with Gasteiger partial charge >= 0.3 is 12.1 Å². The van der Waals surface area contributed by atoms with Crippen LogP contribution in [-0.4, -0.2) is 35.3 Å². The smallest absolute Gasteiger partial charge is 0.406 e. The van der Waals surface area contributed by atoms with Crippen molar-refractivity contribution in [1.82, 2.24) is 4.98 Å². The zero-order valence-electron chi connectivity index (χ0n) is 9.29. The van der Waals surface area contributed by atoms with Crippen molar-refractivity contribution in [3.05, 3.63) is 10.0 Å². The number of aromatic nitrogens is 1. The van der Waals surface area contributed by atoms with Crippen molar-refractivity contribution >= 4 is 34.0 Å². The predicted octanol–water partition coefficient (Wildman–Crippen LogP) is 3.27. The molecule has 1 rings (SSSR count). The molecule has 0 aliphatic carbocycles. The SMILES string of the molecule is CCCN(CC(F)(F)F)c1nc(Cl)c(C(=O)O)s1. The summed E-state index contributed by atoms with van der Waals surface area (Å²) >= 11 is 6.21. The quantitative estimate of drug-likeness (QED) is 0.907. The number of rotatable bonds is 5. The molecule has 0 bridgehead atoms. The number of halogens is 4. The molecule has 0 aliphatic heterocycles. The molecule has 1 aromatic rings. The van der Waals surface area contributed by atoms with Gasteiger partial charge in [-0.2, -0.15) is 13.2 Å². The zero-order valence-corrected chi connectivity index (χ0v) is 10.9. The van der Waals surface area contributed by atoms with Crippen LogP contribution in [0.3, 0.4) is 0 Å². The van der Waals surface area contributed by atoms with E-state index in [-0.39, 0.29) is 21.7 Å². The topological polar surface area (TPSA) is 53.4 Å². The highest BCUT2D eigenvalue weighted by atomic mass is 35.5. The van der Waals surface area contributed by atoms with E-state index in [0.717, 1.165) is 4.90 Å². The normalized spacial score (nSPS) is 11.6. The minimum Gasteiger partial charge on any atom is -0.477 e. The van der Waals surface area contributed by atoms with Crippen LogP contribution in [0.5, 0.6) is 0 Å². The summed E-state index contributed by atoms with van der Waals surface area (Å²) in [5, 5.41) is 8.45. The summed E-state index contributed by atoms with van der Waals surface area (Å²) < 4.78 is 37.1. The molecule has 0 amide bonds. The van der Waals surface area contributed by atoms with Gasteiger partial charge in [-0.3, -0.25) is 0 Å². The molecule has 18 heavy (non-hydrogen) atoms. The largest absolute Gasteiger partial charge is 0.477 e.